The van der Waals surface area contributed by atoms with Gasteiger partial charge in [0, 0.05) is 5.54 Å². The number of hydrazine groups is 1. The Labute approximate surface area is 89.3 Å². The molecule has 0 aliphatic heterocycles. The number of phenolic OH excluding ortho intramolecular Hbond substituents is 1. The normalized spacial score (nSPS) is 11.1. The van der Waals surface area contributed by atoms with Gasteiger partial charge in [0.1, 0.15) is 5.75 Å². The first-order valence-corrected chi connectivity index (χ1v) is 4.76. The number of nitrogens with one attached hydrogen (secondary N) is 2. The standard InChI is InChI=1S/C11H16N2O2/c1-11(2,3)13-12-10(15)8-6-4-5-7-9(8)14/h4-7,13-14H,1-3H3,(H,12,15). The molecule has 0 spiro atoms. The third kappa shape index (κ3) is 3.59. The van der Waals surface area contributed by atoms with Crippen LogP contribution in [0.15, 0.2) is 24.3 Å². The minimum atomic E-state index is -0.344. The lowest BCUT2D eigenvalue weighted by molar-refractivity contribution is 0.0911. The maximum atomic E-state index is 11.6. The number of para-hydroxylation sites is 1. The van der Waals surface area contributed by atoms with E-state index in [1.54, 1.807) is 18.2 Å². The van der Waals surface area contributed by atoms with E-state index < -0.39 is 0 Å². The first-order valence-electron chi connectivity index (χ1n) is 4.76. The van der Waals surface area contributed by atoms with E-state index in [1.807, 2.05) is 20.8 Å². The molecule has 4 nitrogen and oxygen atoms in total. The summed E-state index contributed by atoms with van der Waals surface area (Å²) in [5.74, 6) is -0.367. The van der Waals surface area contributed by atoms with Crippen LogP contribution in [-0.2, 0) is 0 Å². The number of aromatic hydroxyl groups is 1. The molecule has 0 aromatic heterocycles. The third-order valence-electron chi connectivity index (χ3n) is 1.70. The zero-order chi connectivity index (χ0) is 11.5. The first-order chi connectivity index (χ1) is 6.90. The Morgan fingerprint density at radius 3 is 2.40 bits per heavy atom. The van der Waals surface area contributed by atoms with Crippen molar-refractivity contribution in [3.63, 3.8) is 0 Å². The molecule has 0 fully saturated rings. The number of carbonyl (C=O) groups excluding carboxylic acids is 1. The van der Waals surface area contributed by atoms with E-state index in [2.05, 4.69) is 10.9 Å². The number of phenols is 1. The summed E-state index contributed by atoms with van der Waals surface area (Å²) in [7, 11) is 0. The molecular weight excluding hydrogens is 192 g/mol. The molecule has 1 amide bonds. The summed E-state index contributed by atoms with van der Waals surface area (Å²) in [5.41, 5.74) is 5.42. The highest BCUT2D eigenvalue weighted by Crippen LogP contribution is 2.14. The molecule has 1 aromatic carbocycles. The molecule has 0 aliphatic carbocycles. The van der Waals surface area contributed by atoms with Gasteiger partial charge in [0.15, 0.2) is 0 Å². The van der Waals surface area contributed by atoms with Crippen LogP contribution in [0.5, 0.6) is 5.75 Å². The second-order valence-corrected chi connectivity index (χ2v) is 4.35. The van der Waals surface area contributed by atoms with Crippen LogP contribution in [0.4, 0.5) is 0 Å². The molecule has 0 aliphatic rings. The summed E-state index contributed by atoms with van der Waals surface area (Å²) in [6, 6.07) is 6.41. The van der Waals surface area contributed by atoms with Crippen molar-refractivity contribution in [2.24, 2.45) is 0 Å². The van der Waals surface area contributed by atoms with E-state index in [-0.39, 0.29) is 22.8 Å². The van der Waals surface area contributed by atoms with Crippen LogP contribution >= 0.6 is 0 Å². The van der Waals surface area contributed by atoms with Crippen LogP contribution in [0.2, 0.25) is 0 Å². The fourth-order valence-corrected chi connectivity index (χ4v) is 0.977. The van der Waals surface area contributed by atoms with Crippen LogP contribution in [0, 0.1) is 0 Å². The van der Waals surface area contributed by atoms with Crippen LogP contribution < -0.4 is 10.9 Å². The predicted octanol–water partition coefficient (Wildman–Crippen LogP) is 1.43. The Kier molecular flexibility index (Phi) is 3.31. The minimum absolute atomic E-state index is 0.0225. The minimum Gasteiger partial charge on any atom is -0.507 e. The summed E-state index contributed by atoms with van der Waals surface area (Å²) in [4.78, 5) is 11.6. The van der Waals surface area contributed by atoms with Crippen LogP contribution in [-0.4, -0.2) is 16.6 Å². The molecule has 1 aromatic rings. The lowest BCUT2D eigenvalue weighted by atomic mass is 10.1. The van der Waals surface area contributed by atoms with Gasteiger partial charge in [-0.1, -0.05) is 12.1 Å². The van der Waals surface area contributed by atoms with Gasteiger partial charge < -0.3 is 5.11 Å². The lowest BCUT2D eigenvalue weighted by Gasteiger charge is -2.21. The molecule has 15 heavy (non-hydrogen) atoms. The van der Waals surface area contributed by atoms with E-state index in [1.165, 1.54) is 6.07 Å². The number of benzene rings is 1. The summed E-state index contributed by atoms with van der Waals surface area (Å²) < 4.78 is 0. The van der Waals surface area contributed by atoms with Crippen molar-refractivity contribution < 1.29 is 9.90 Å². The Morgan fingerprint density at radius 1 is 1.27 bits per heavy atom. The number of hydrogen-bond donors (Lipinski definition) is 3. The van der Waals surface area contributed by atoms with E-state index in [0.717, 1.165) is 0 Å². The Morgan fingerprint density at radius 2 is 1.87 bits per heavy atom. The fraction of sp³-hybridized carbons (Fsp3) is 0.364. The largest absolute Gasteiger partial charge is 0.507 e. The zero-order valence-electron chi connectivity index (χ0n) is 9.16. The third-order valence-corrected chi connectivity index (χ3v) is 1.70. The van der Waals surface area contributed by atoms with Crippen LogP contribution in [0.1, 0.15) is 31.1 Å². The van der Waals surface area contributed by atoms with Gasteiger partial charge in [0.05, 0.1) is 5.56 Å². The second kappa shape index (κ2) is 4.31. The van der Waals surface area contributed by atoms with E-state index >= 15 is 0 Å². The highest BCUT2D eigenvalue weighted by Gasteiger charge is 2.13. The molecule has 0 heterocycles. The molecule has 0 bridgehead atoms. The smallest absolute Gasteiger partial charge is 0.269 e. The highest BCUT2D eigenvalue weighted by molar-refractivity contribution is 5.96. The maximum absolute atomic E-state index is 11.6. The van der Waals surface area contributed by atoms with E-state index in [4.69, 9.17) is 0 Å². The molecule has 0 saturated carbocycles. The van der Waals surface area contributed by atoms with E-state index in [9.17, 15) is 9.90 Å². The van der Waals surface area contributed by atoms with Crippen LogP contribution in [0.25, 0.3) is 0 Å². The summed E-state index contributed by atoms with van der Waals surface area (Å²) in [6.07, 6.45) is 0. The molecule has 0 atom stereocenters. The van der Waals surface area contributed by atoms with Gasteiger partial charge in [-0.15, -0.1) is 0 Å². The van der Waals surface area contributed by atoms with Gasteiger partial charge in [0.25, 0.3) is 5.91 Å². The maximum Gasteiger partial charge on any atom is 0.269 e. The van der Waals surface area contributed by atoms with Crippen LogP contribution in [0.3, 0.4) is 0 Å². The zero-order valence-corrected chi connectivity index (χ0v) is 9.16. The quantitative estimate of drug-likeness (QED) is 0.644. The second-order valence-electron chi connectivity index (χ2n) is 4.35. The van der Waals surface area contributed by atoms with Crippen molar-refractivity contribution in [3.05, 3.63) is 29.8 Å². The average Bonchev–Trinajstić information content (AvgIpc) is 2.14. The summed E-state index contributed by atoms with van der Waals surface area (Å²) in [6.45, 7) is 5.79. The topological polar surface area (TPSA) is 61.4 Å². The van der Waals surface area contributed by atoms with Crippen molar-refractivity contribution >= 4 is 5.91 Å². The number of carbonyl (C=O) groups is 1. The summed E-state index contributed by atoms with van der Waals surface area (Å²) >= 11 is 0. The highest BCUT2D eigenvalue weighted by atomic mass is 16.3. The van der Waals surface area contributed by atoms with Gasteiger partial charge in [-0.3, -0.25) is 10.2 Å². The molecule has 3 N–H and O–H groups in total. The first kappa shape index (κ1) is 11.5. The van der Waals surface area contributed by atoms with Gasteiger partial charge >= 0.3 is 0 Å². The Balaban J connectivity index is 2.66. The van der Waals surface area contributed by atoms with E-state index in [0.29, 0.717) is 0 Å². The number of rotatable bonds is 2. The number of hydrogen-bond acceptors (Lipinski definition) is 3. The van der Waals surface area contributed by atoms with Crippen molar-refractivity contribution in [3.8, 4) is 5.75 Å². The van der Waals surface area contributed by atoms with Crippen molar-refractivity contribution in [1.29, 1.82) is 0 Å². The average molecular weight is 208 g/mol. The summed E-state index contributed by atoms with van der Waals surface area (Å²) in [5, 5.41) is 9.42. The monoisotopic (exact) mass is 208 g/mol. The van der Waals surface area contributed by atoms with Gasteiger partial charge in [-0.25, -0.2) is 5.43 Å². The van der Waals surface area contributed by atoms with Crippen molar-refractivity contribution in [1.82, 2.24) is 10.9 Å². The molecule has 82 valence electrons. The van der Waals surface area contributed by atoms with Gasteiger partial charge in [-0.05, 0) is 32.9 Å². The van der Waals surface area contributed by atoms with Gasteiger partial charge in [-0.2, -0.15) is 0 Å². The molecular formula is C11H16N2O2. The van der Waals surface area contributed by atoms with Gasteiger partial charge in [0.2, 0.25) is 0 Å². The SMILES string of the molecule is CC(C)(C)NNC(=O)c1ccccc1O. The fourth-order valence-electron chi connectivity index (χ4n) is 0.977. The van der Waals surface area contributed by atoms with Crippen molar-refractivity contribution in [2.45, 2.75) is 26.3 Å². The molecule has 0 saturated heterocycles. The van der Waals surface area contributed by atoms with Crippen molar-refractivity contribution in [2.75, 3.05) is 0 Å². The molecule has 0 unspecified atom stereocenters. The predicted molar refractivity (Wildman–Crippen MR) is 58.5 cm³/mol. The molecule has 0 radical (unpaired) electrons. The lowest BCUT2D eigenvalue weighted by Crippen LogP contribution is -2.48. The Hall–Kier alpha value is -1.55. The molecule has 4 heteroatoms. The Bertz CT molecular complexity index is 356. The number of amides is 1. The molecule has 1 rings (SSSR count).